The molecule has 5 nitrogen and oxygen atoms in total. The van der Waals surface area contributed by atoms with Crippen LogP contribution in [0.15, 0.2) is 18.3 Å². The molecule has 1 heterocycles. The number of aromatic amines is 1. The summed E-state index contributed by atoms with van der Waals surface area (Å²) in [7, 11) is 0. The van der Waals surface area contributed by atoms with E-state index in [0.29, 0.717) is 18.5 Å². The summed E-state index contributed by atoms with van der Waals surface area (Å²) in [6.45, 7) is 0.209. The van der Waals surface area contributed by atoms with Gasteiger partial charge in [-0.2, -0.15) is 0 Å². The summed E-state index contributed by atoms with van der Waals surface area (Å²) in [6, 6.07) is 3.38. The van der Waals surface area contributed by atoms with Crippen molar-refractivity contribution < 1.29 is 14.7 Å². The van der Waals surface area contributed by atoms with Crippen molar-refractivity contribution >= 4 is 11.9 Å². The number of carboxylic acid groups (broad SMARTS) is 1. The molecule has 3 N–H and O–H groups in total. The third-order valence-electron chi connectivity index (χ3n) is 3.19. The van der Waals surface area contributed by atoms with Gasteiger partial charge in [0.25, 0.3) is 5.91 Å². The van der Waals surface area contributed by atoms with Crippen molar-refractivity contribution in [1.82, 2.24) is 10.3 Å². The number of aromatic nitrogens is 1. The number of nitrogens with one attached hydrogen (secondary N) is 2. The summed E-state index contributed by atoms with van der Waals surface area (Å²) in [6.07, 6.45) is 3.87. The molecule has 2 rings (SSSR count). The van der Waals surface area contributed by atoms with Crippen molar-refractivity contribution in [2.75, 3.05) is 6.54 Å². The van der Waals surface area contributed by atoms with Gasteiger partial charge in [-0.15, -0.1) is 0 Å². The Hall–Kier alpha value is -1.78. The number of carboxylic acids is 1. The van der Waals surface area contributed by atoms with Crippen LogP contribution < -0.4 is 5.32 Å². The van der Waals surface area contributed by atoms with Crippen LogP contribution in [-0.2, 0) is 4.79 Å². The fourth-order valence-electron chi connectivity index (χ4n) is 1.89. The van der Waals surface area contributed by atoms with Gasteiger partial charge in [0.15, 0.2) is 0 Å². The highest BCUT2D eigenvalue weighted by molar-refractivity contribution is 5.92. The number of rotatable bonds is 4. The molecule has 1 aliphatic carbocycles. The summed E-state index contributed by atoms with van der Waals surface area (Å²) in [5.41, 5.74) is -0.276. The third-order valence-corrected chi connectivity index (χ3v) is 3.19. The molecule has 0 unspecified atom stereocenters. The van der Waals surface area contributed by atoms with E-state index in [4.69, 9.17) is 5.11 Å². The zero-order chi connectivity index (χ0) is 11.6. The zero-order valence-corrected chi connectivity index (χ0v) is 8.82. The first-order valence-corrected chi connectivity index (χ1v) is 5.29. The SMILES string of the molecule is O=C(NCC1(C(=O)O)CCC1)c1ccc[nH]1. The molecule has 5 heteroatoms. The number of carbonyl (C=O) groups is 2. The van der Waals surface area contributed by atoms with Crippen molar-refractivity contribution in [3.63, 3.8) is 0 Å². The van der Waals surface area contributed by atoms with E-state index in [1.54, 1.807) is 18.3 Å². The third kappa shape index (κ3) is 1.80. The molecule has 0 atom stereocenters. The van der Waals surface area contributed by atoms with Crippen molar-refractivity contribution in [2.24, 2.45) is 5.41 Å². The Kier molecular flexibility index (Phi) is 2.68. The van der Waals surface area contributed by atoms with Crippen LogP contribution in [0.25, 0.3) is 0 Å². The molecule has 0 aromatic carbocycles. The lowest BCUT2D eigenvalue weighted by Crippen LogP contribution is -2.47. The van der Waals surface area contributed by atoms with Crippen molar-refractivity contribution in [1.29, 1.82) is 0 Å². The Labute approximate surface area is 92.9 Å². The molecular formula is C11H14N2O3. The van der Waals surface area contributed by atoms with Crippen molar-refractivity contribution in [3.8, 4) is 0 Å². The lowest BCUT2D eigenvalue weighted by atomic mass is 9.69. The van der Waals surface area contributed by atoms with E-state index in [2.05, 4.69) is 10.3 Å². The largest absolute Gasteiger partial charge is 0.481 e. The Morgan fingerprint density at radius 2 is 2.25 bits per heavy atom. The van der Waals surface area contributed by atoms with Gasteiger partial charge in [-0.3, -0.25) is 9.59 Å². The van der Waals surface area contributed by atoms with Crippen LogP contribution in [0.5, 0.6) is 0 Å². The summed E-state index contributed by atoms with van der Waals surface area (Å²) in [4.78, 5) is 25.4. The highest BCUT2D eigenvalue weighted by Gasteiger charge is 2.44. The second-order valence-corrected chi connectivity index (χ2v) is 4.21. The van der Waals surface area contributed by atoms with Gasteiger partial charge in [0.1, 0.15) is 5.69 Å². The van der Waals surface area contributed by atoms with Crippen LogP contribution in [0, 0.1) is 5.41 Å². The number of hydrogen-bond acceptors (Lipinski definition) is 2. The molecule has 0 aliphatic heterocycles. The van der Waals surface area contributed by atoms with Crippen LogP contribution in [0.2, 0.25) is 0 Å². The fraction of sp³-hybridized carbons (Fsp3) is 0.455. The topological polar surface area (TPSA) is 82.2 Å². The summed E-state index contributed by atoms with van der Waals surface area (Å²) in [5, 5.41) is 11.7. The molecule has 0 spiro atoms. The first kappa shape index (κ1) is 10.7. The van der Waals surface area contributed by atoms with Crippen LogP contribution in [-0.4, -0.2) is 28.5 Å². The number of H-pyrrole nitrogens is 1. The Morgan fingerprint density at radius 3 is 2.69 bits per heavy atom. The molecule has 1 aliphatic rings. The Balaban J connectivity index is 1.92. The van der Waals surface area contributed by atoms with Gasteiger partial charge in [0, 0.05) is 12.7 Å². The Morgan fingerprint density at radius 1 is 1.50 bits per heavy atom. The second kappa shape index (κ2) is 4.00. The van der Waals surface area contributed by atoms with Crippen molar-refractivity contribution in [2.45, 2.75) is 19.3 Å². The predicted molar refractivity (Wildman–Crippen MR) is 57.0 cm³/mol. The van der Waals surface area contributed by atoms with Gasteiger partial charge < -0.3 is 15.4 Å². The quantitative estimate of drug-likeness (QED) is 0.710. The number of hydrogen-bond donors (Lipinski definition) is 3. The molecule has 1 saturated carbocycles. The molecule has 1 fully saturated rings. The summed E-state index contributed by atoms with van der Waals surface area (Å²) >= 11 is 0. The van der Waals surface area contributed by atoms with Gasteiger partial charge in [0.2, 0.25) is 0 Å². The minimum Gasteiger partial charge on any atom is -0.481 e. The van der Waals surface area contributed by atoms with Crippen LogP contribution >= 0.6 is 0 Å². The highest BCUT2D eigenvalue weighted by Crippen LogP contribution is 2.40. The number of carbonyl (C=O) groups excluding carboxylic acids is 1. The maximum Gasteiger partial charge on any atom is 0.311 e. The Bertz CT molecular complexity index is 393. The van der Waals surface area contributed by atoms with E-state index in [1.807, 2.05) is 0 Å². The highest BCUT2D eigenvalue weighted by atomic mass is 16.4. The van der Waals surface area contributed by atoms with Gasteiger partial charge in [-0.25, -0.2) is 0 Å². The van der Waals surface area contributed by atoms with Crippen molar-refractivity contribution in [3.05, 3.63) is 24.0 Å². The average molecular weight is 222 g/mol. The van der Waals surface area contributed by atoms with Gasteiger partial charge >= 0.3 is 5.97 Å². The van der Waals surface area contributed by atoms with Crippen LogP contribution in [0.4, 0.5) is 0 Å². The molecule has 1 aromatic rings. The predicted octanol–water partition coefficient (Wildman–Crippen LogP) is 0.999. The number of amides is 1. The fourth-order valence-corrected chi connectivity index (χ4v) is 1.89. The van der Waals surface area contributed by atoms with Gasteiger partial charge in [-0.1, -0.05) is 6.42 Å². The number of aliphatic carboxylic acids is 1. The van der Waals surface area contributed by atoms with Crippen LogP contribution in [0.1, 0.15) is 29.8 Å². The van der Waals surface area contributed by atoms with E-state index in [1.165, 1.54) is 0 Å². The maximum atomic E-state index is 11.6. The minimum atomic E-state index is -0.814. The summed E-state index contributed by atoms with van der Waals surface area (Å²) in [5.74, 6) is -1.07. The molecule has 0 saturated heterocycles. The molecule has 0 radical (unpaired) electrons. The normalized spacial score (nSPS) is 17.5. The molecule has 1 aromatic heterocycles. The summed E-state index contributed by atoms with van der Waals surface area (Å²) < 4.78 is 0. The first-order valence-electron chi connectivity index (χ1n) is 5.29. The van der Waals surface area contributed by atoms with Gasteiger partial charge in [0.05, 0.1) is 5.41 Å². The molecule has 86 valence electrons. The first-order chi connectivity index (χ1) is 7.64. The smallest absolute Gasteiger partial charge is 0.311 e. The minimum absolute atomic E-state index is 0.209. The lowest BCUT2D eigenvalue weighted by Gasteiger charge is -2.37. The molecule has 1 amide bonds. The monoisotopic (exact) mass is 222 g/mol. The van der Waals surface area contributed by atoms with E-state index in [-0.39, 0.29) is 12.5 Å². The van der Waals surface area contributed by atoms with Crippen LogP contribution in [0.3, 0.4) is 0 Å². The average Bonchev–Trinajstić information content (AvgIpc) is 2.67. The lowest BCUT2D eigenvalue weighted by molar-refractivity contribution is -0.153. The van der Waals surface area contributed by atoms with E-state index in [9.17, 15) is 9.59 Å². The molecule has 16 heavy (non-hydrogen) atoms. The molecular weight excluding hydrogens is 208 g/mol. The maximum absolute atomic E-state index is 11.6. The van der Waals surface area contributed by atoms with E-state index < -0.39 is 11.4 Å². The second-order valence-electron chi connectivity index (χ2n) is 4.21. The molecule has 0 bridgehead atoms. The zero-order valence-electron chi connectivity index (χ0n) is 8.82. The van der Waals surface area contributed by atoms with E-state index >= 15 is 0 Å². The van der Waals surface area contributed by atoms with E-state index in [0.717, 1.165) is 6.42 Å². The van der Waals surface area contributed by atoms with Gasteiger partial charge in [-0.05, 0) is 25.0 Å². The standard InChI is InChI=1S/C11H14N2O3/c14-9(8-3-1-6-12-8)13-7-11(10(15)16)4-2-5-11/h1,3,6,12H,2,4-5,7H2,(H,13,14)(H,15,16).